The van der Waals surface area contributed by atoms with E-state index < -0.39 is 0 Å². The number of carbonyl (C=O) groups excluding carboxylic acids is 1. The first-order chi connectivity index (χ1) is 8.08. The molecule has 0 bridgehead atoms. The van der Waals surface area contributed by atoms with Gasteiger partial charge in [-0.2, -0.15) is 0 Å². The van der Waals surface area contributed by atoms with E-state index in [1.807, 2.05) is 45.0 Å². The van der Waals surface area contributed by atoms with Crippen LogP contribution in [-0.4, -0.2) is 19.0 Å². The van der Waals surface area contributed by atoms with Crippen LogP contribution in [0.4, 0.5) is 5.69 Å². The van der Waals surface area contributed by atoms with Crippen LogP contribution in [0.15, 0.2) is 35.9 Å². The van der Waals surface area contributed by atoms with Crippen LogP contribution in [0.2, 0.25) is 0 Å². The van der Waals surface area contributed by atoms with E-state index in [1.165, 1.54) is 5.57 Å². The molecule has 0 unspecified atom stereocenters. The number of nitrogens with one attached hydrogen (secondary N) is 2. The van der Waals surface area contributed by atoms with Gasteiger partial charge in [-0.15, -0.1) is 0 Å². The molecule has 92 valence electrons. The van der Waals surface area contributed by atoms with E-state index in [9.17, 15) is 4.79 Å². The molecule has 0 aromatic heterocycles. The summed E-state index contributed by atoms with van der Waals surface area (Å²) in [5, 5.41) is 5.91. The molecule has 0 atom stereocenters. The Bertz CT molecular complexity index is 406. The van der Waals surface area contributed by atoms with Gasteiger partial charge in [-0.05, 0) is 38.5 Å². The topological polar surface area (TPSA) is 41.1 Å². The molecule has 0 spiro atoms. The van der Waals surface area contributed by atoms with Gasteiger partial charge in [0.05, 0.1) is 6.54 Å². The maximum absolute atomic E-state index is 11.6. The molecule has 3 nitrogen and oxygen atoms in total. The summed E-state index contributed by atoms with van der Waals surface area (Å²) in [5.41, 5.74) is 3.23. The molecule has 1 rings (SSSR count). The summed E-state index contributed by atoms with van der Waals surface area (Å²) in [5.74, 6) is -0.0160. The van der Waals surface area contributed by atoms with Crippen LogP contribution >= 0.6 is 0 Å². The fraction of sp³-hybridized carbons (Fsp3) is 0.357. The van der Waals surface area contributed by atoms with Crippen LogP contribution < -0.4 is 10.6 Å². The van der Waals surface area contributed by atoms with Crippen LogP contribution in [0.5, 0.6) is 0 Å². The normalized spacial score (nSPS) is 9.82. The number of hydrogen-bond donors (Lipinski definition) is 2. The fourth-order valence-corrected chi connectivity index (χ4v) is 1.39. The van der Waals surface area contributed by atoms with Gasteiger partial charge in [-0.1, -0.05) is 23.8 Å². The van der Waals surface area contributed by atoms with E-state index in [0.717, 1.165) is 17.8 Å². The smallest absolute Gasteiger partial charge is 0.238 e. The largest absolute Gasteiger partial charge is 0.325 e. The summed E-state index contributed by atoms with van der Waals surface area (Å²) >= 11 is 0. The first-order valence-corrected chi connectivity index (χ1v) is 5.78. The van der Waals surface area contributed by atoms with Gasteiger partial charge in [0, 0.05) is 12.2 Å². The molecular formula is C14H20N2O. The predicted octanol–water partition coefficient (Wildman–Crippen LogP) is 2.49. The highest BCUT2D eigenvalue weighted by Gasteiger charge is 2.00. The van der Waals surface area contributed by atoms with Crippen LogP contribution in [0, 0.1) is 6.92 Å². The summed E-state index contributed by atoms with van der Waals surface area (Å²) in [6.07, 6.45) is 2.06. The number of rotatable bonds is 5. The molecule has 0 saturated carbocycles. The van der Waals surface area contributed by atoms with Crippen molar-refractivity contribution in [3.63, 3.8) is 0 Å². The summed E-state index contributed by atoms with van der Waals surface area (Å²) < 4.78 is 0. The number of allylic oxidation sites excluding steroid dienone is 1. The van der Waals surface area contributed by atoms with Crippen molar-refractivity contribution in [2.45, 2.75) is 20.8 Å². The number of amides is 1. The van der Waals surface area contributed by atoms with Gasteiger partial charge in [0.1, 0.15) is 0 Å². The van der Waals surface area contributed by atoms with Crippen molar-refractivity contribution >= 4 is 11.6 Å². The zero-order chi connectivity index (χ0) is 12.7. The third-order valence-corrected chi connectivity index (χ3v) is 2.24. The van der Waals surface area contributed by atoms with Gasteiger partial charge in [-0.3, -0.25) is 4.79 Å². The molecule has 1 aromatic carbocycles. The molecule has 0 aliphatic carbocycles. The number of benzene rings is 1. The van der Waals surface area contributed by atoms with Crippen LogP contribution in [0.25, 0.3) is 0 Å². The van der Waals surface area contributed by atoms with Crippen molar-refractivity contribution in [2.24, 2.45) is 0 Å². The first kappa shape index (κ1) is 13.5. The Balaban J connectivity index is 2.32. The van der Waals surface area contributed by atoms with Crippen molar-refractivity contribution in [2.75, 3.05) is 18.4 Å². The molecule has 0 aliphatic heterocycles. The molecule has 1 amide bonds. The zero-order valence-corrected chi connectivity index (χ0v) is 10.7. The third-order valence-electron chi connectivity index (χ3n) is 2.24. The molecule has 0 saturated heterocycles. The lowest BCUT2D eigenvalue weighted by molar-refractivity contribution is -0.115. The maximum atomic E-state index is 11.6. The molecule has 1 aromatic rings. The third kappa shape index (κ3) is 5.88. The standard InChI is InChI=1S/C14H20N2O/c1-11(2)7-8-15-10-14(17)16-13-6-4-5-12(3)9-13/h4-7,9,15H,8,10H2,1-3H3,(H,16,17). The lowest BCUT2D eigenvalue weighted by Gasteiger charge is -2.06. The number of hydrogen-bond acceptors (Lipinski definition) is 2. The average Bonchev–Trinajstić information content (AvgIpc) is 2.24. The van der Waals surface area contributed by atoms with Crippen molar-refractivity contribution in [1.82, 2.24) is 5.32 Å². The maximum Gasteiger partial charge on any atom is 0.238 e. The summed E-state index contributed by atoms with van der Waals surface area (Å²) in [6.45, 7) is 7.13. The highest BCUT2D eigenvalue weighted by molar-refractivity contribution is 5.92. The number of anilines is 1. The van der Waals surface area contributed by atoms with Crippen LogP contribution in [-0.2, 0) is 4.79 Å². The molecule has 0 radical (unpaired) electrons. The highest BCUT2D eigenvalue weighted by atomic mass is 16.1. The number of carbonyl (C=O) groups is 1. The van der Waals surface area contributed by atoms with Gasteiger partial charge >= 0.3 is 0 Å². The van der Waals surface area contributed by atoms with Crippen molar-refractivity contribution in [3.05, 3.63) is 41.5 Å². The van der Waals surface area contributed by atoms with E-state index in [0.29, 0.717) is 6.54 Å². The van der Waals surface area contributed by atoms with Crippen LogP contribution in [0.1, 0.15) is 19.4 Å². The number of aryl methyl sites for hydroxylation is 1. The molecule has 17 heavy (non-hydrogen) atoms. The van der Waals surface area contributed by atoms with Gasteiger partial charge in [0.2, 0.25) is 5.91 Å². The van der Waals surface area contributed by atoms with Crippen molar-refractivity contribution < 1.29 is 4.79 Å². The average molecular weight is 232 g/mol. The van der Waals surface area contributed by atoms with E-state index in [1.54, 1.807) is 0 Å². The van der Waals surface area contributed by atoms with E-state index in [2.05, 4.69) is 16.7 Å². The molecule has 2 N–H and O–H groups in total. The van der Waals surface area contributed by atoms with Gasteiger partial charge in [0.15, 0.2) is 0 Å². The Morgan fingerprint density at radius 3 is 2.76 bits per heavy atom. The Kier molecular flexibility index (Phi) is 5.43. The van der Waals surface area contributed by atoms with E-state index in [4.69, 9.17) is 0 Å². The Hall–Kier alpha value is -1.61. The summed E-state index contributed by atoms with van der Waals surface area (Å²) in [6, 6.07) is 7.78. The van der Waals surface area contributed by atoms with E-state index in [-0.39, 0.29) is 5.91 Å². The minimum atomic E-state index is -0.0160. The minimum absolute atomic E-state index is 0.0160. The Morgan fingerprint density at radius 1 is 1.35 bits per heavy atom. The predicted molar refractivity (Wildman–Crippen MR) is 72.1 cm³/mol. The second-order valence-corrected chi connectivity index (χ2v) is 4.33. The summed E-state index contributed by atoms with van der Waals surface area (Å²) in [4.78, 5) is 11.6. The van der Waals surface area contributed by atoms with Crippen LogP contribution in [0.3, 0.4) is 0 Å². The second kappa shape index (κ2) is 6.86. The highest BCUT2D eigenvalue weighted by Crippen LogP contribution is 2.08. The Labute approximate surface area is 103 Å². The SMILES string of the molecule is CC(C)=CCNCC(=O)Nc1cccc(C)c1. The quantitative estimate of drug-likeness (QED) is 0.605. The van der Waals surface area contributed by atoms with Gasteiger partial charge in [0.25, 0.3) is 0 Å². The lowest BCUT2D eigenvalue weighted by Crippen LogP contribution is -2.28. The second-order valence-electron chi connectivity index (χ2n) is 4.33. The van der Waals surface area contributed by atoms with Crippen molar-refractivity contribution in [3.8, 4) is 0 Å². The van der Waals surface area contributed by atoms with Crippen molar-refractivity contribution in [1.29, 1.82) is 0 Å². The zero-order valence-electron chi connectivity index (χ0n) is 10.7. The van der Waals surface area contributed by atoms with Gasteiger partial charge in [-0.25, -0.2) is 0 Å². The lowest BCUT2D eigenvalue weighted by atomic mass is 10.2. The Morgan fingerprint density at radius 2 is 2.12 bits per heavy atom. The minimum Gasteiger partial charge on any atom is -0.325 e. The summed E-state index contributed by atoms with van der Waals surface area (Å²) in [7, 11) is 0. The molecule has 0 fully saturated rings. The molecule has 0 heterocycles. The van der Waals surface area contributed by atoms with E-state index >= 15 is 0 Å². The molecule has 3 heteroatoms. The molecule has 0 aliphatic rings. The first-order valence-electron chi connectivity index (χ1n) is 5.78. The molecular weight excluding hydrogens is 212 g/mol. The van der Waals surface area contributed by atoms with Gasteiger partial charge < -0.3 is 10.6 Å². The fourth-order valence-electron chi connectivity index (χ4n) is 1.39. The monoisotopic (exact) mass is 232 g/mol.